The predicted octanol–water partition coefficient (Wildman–Crippen LogP) is 4.24. The predicted molar refractivity (Wildman–Crippen MR) is 77.7 cm³/mol. The normalized spacial score (nSPS) is 12.6. The lowest BCUT2D eigenvalue weighted by molar-refractivity contribution is 0.534. The molecule has 2 rings (SSSR count). The summed E-state index contributed by atoms with van der Waals surface area (Å²) in [6.07, 6.45) is 4.48. The third-order valence-corrected chi connectivity index (χ3v) is 3.92. The van der Waals surface area contributed by atoms with E-state index in [1.807, 2.05) is 12.3 Å². The average molecular weight is 308 g/mol. The number of nitrogens with one attached hydrogen (secondary N) is 1. The van der Waals surface area contributed by atoms with Crippen molar-refractivity contribution in [3.8, 4) is 0 Å². The van der Waals surface area contributed by atoms with E-state index in [0.717, 1.165) is 17.4 Å². The van der Waals surface area contributed by atoms with Crippen LogP contribution in [0.25, 0.3) is 0 Å². The van der Waals surface area contributed by atoms with Gasteiger partial charge < -0.3 is 9.73 Å². The molecular formula is C15H18BrNO. The highest BCUT2D eigenvalue weighted by Crippen LogP contribution is 2.24. The molecule has 1 atom stereocenters. The van der Waals surface area contributed by atoms with Crippen molar-refractivity contribution < 1.29 is 4.42 Å². The van der Waals surface area contributed by atoms with Gasteiger partial charge in [0.2, 0.25) is 0 Å². The SMILES string of the molecule is CCNC(Cc1ccoc1)c1ccc(C)c(Br)c1. The molecule has 0 radical (unpaired) electrons. The van der Waals surface area contributed by atoms with Gasteiger partial charge in [-0.25, -0.2) is 0 Å². The molecule has 0 aliphatic heterocycles. The van der Waals surface area contributed by atoms with Crippen LogP contribution in [-0.4, -0.2) is 6.54 Å². The van der Waals surface area contributed by atoms with Crippen molar-refractivity contribution in [3.05, 3.63) is 58.0 Å². The van der Waals surface area contributed by atoms with E-state index in [1.54, 1.807) is 6.26 Å². The highest BCUT2D eigenvalue weighted by molar-refractivity contribution is 9.10. The second kappa shape index (κ2) is 6.21. The maximum atomic E-state index is 5.14. The largest absolute Gasteiger partial charge is 0.472 e. The van der Waals surface area contributed by atoms with Gasteiger partial charge in [0.25, 0.3) is 0 Å². The molecule has 18 heavy (non-hydrogen) atoms. The summed E-state index contributed by atoms with van der Waals surface area (Å²) in [5, 5.41) is 3.52. The molecule has 0 spiro atoms. The van der Waals surface area contributed by atoms with Crippen LogP contribution >= 0.6 is 15.9 Å². The fourth-order valence-electron chi connectivity index (χ4n) is 2.02. The summed E-state index contributed by atoms with van der Waals surface area (Å²) in [5.74, 6) is 0. The van der Waals surface area contributed by atoms with E-state index in [1.165, 1.54) is 16.7 Å². The molecule has 2 nitrogen and oxygen atoms in total. The van der Waals surface area contributed by atoms with Crippen LogP contribution in [-0.2, 0) is 6.42 Å². The minimum absolute atomic E-state index is 0.324. The Morgan fingerprint density at radius 3 is 2.78 bits per heavy atom. The molecule has 0 bridgehead atoms. The number of likely N-dealkylation sites (N-methyl/N-ethyl adjacent to an activating group) is 1. The molecule has 1 N–H and O–H groups in total. The van der Waals surface area contributed by atoms with E-state index in [9.17, 15) is 0 Å². The molecule has 0 fully saturated rings. The Morgan fingerprint density at radius 2 is 2.17 bits per heavy atom. The Balaban J connectivity index is 2.20. The van der Waals surface area contributed by atoms with E-state index in [2.05, 4.69) is 53.3 Å². The Hall–Kier alpha value is -1.06. The Kier molecular flexibility index (Phi) is 4.61. The van der Waals surface area contributed by atoms with Crippen LogP contribution in [0.2, 0.25) is 0 Å². The Labute approximate surface area is 117 Å². The van der Waals surface area contributed by atoms with Crippen LogP contribution in [0.4, 0.5) is 0 Å². The second-order valence-electron chi connectivity index (χ2n) is 4.45. The van der Waals surface area contributed by atoms with Crippen molar-refractivity contribution in [2.75, 3.05) is 6.54 Å². The second-order valence-corrected chi connectivity index (χ2v) is 5.31. The molecule has 2 aromatic rings. The minimum Gasteiger partial charge on any atom is -0.472 e. The molecule has 1 unspecified atom stereocenters. The molecule has 0 aliphatic carbocycles. The van der Waals surface area contributed by atoms with Crippen LogP contribution in [0.5, 0.6) is 0 Å². The van der Waals surface area contributed by atoms with Gasteiger partial charge in [0, 0.05) is 10.5 Å². The first-order valence-corrected chi connectivity index (χ1v) is 7.00. The monoisotopic (exact) mass is 307 g/mol. The van der Waals surface area contributed by atoms with Crippen molar-refractivity contribution in [2.45, 2.75) is 26.3 Å². The standard InChI is InChI=1S/C15H18BrNO/c1-3-17-15(8-12-6-7-18-10-12)13-5-4-11(2)14(16)9-13/h4-7,9-10,15,17H,3,8H2,1-2H3. The van der Waals surface area contributed by atoms with Gasteiger partial charge in [0.05, 0.1) is 12.5 Å². The van der Waals surface area contributed by atoms with Gasteiger partial charge in [0.15, 0.2) is 0 Å². The molecule has 3 heteroatoms. The van der Waals surface area contributed by atoms with Crippen molar-refractivity contribution in [2.24, 2.45) is 0 Å². The first kappa shape index (κ1) is 13.4. The van der Waals surface area contributed by atoms with Gasteiger partial charge in [-0.3, -0.25) is 0 Å². The highest BCUT2D eigenvalue weighted by atomic mass is 79.9. The van der Waals surface area contributed by atoms with Crippen molar-refractivity contribution in [1.82, 2.24) is 5.32 Å². The Bertz CT molecular complexity index is 493. The number of benzene rings is 1. The maximum absolute atomic E-state index is 5.14. The molecule has 0 amide bonds. The molecular weight excluding hydrogens is 290 g/mol. The lowest BCUT2D eigenvalue weighted by atomic mass is 9.99. The zero-order valence-corrected chi connectivity index (χ0v) is 12.3. The molecule has 1 aromatic carbocycles. The summed E-state index contributed by atoms with van der Waals surface area (Å²) < 4.78 is 6.30. The lowest BCUT2D eigenvalue weighted by Gasteiger charge is -2.18. The van der Waals surface area contributed by atoms with Gasteiger partial charge in [0.1, 0.15) is 0 Å². The quantitative estimate of drug-likeness (QED) is 0.893. The molecule has 1 heterocycles. The summed E-state index contributed by atoms with van der Waals surface area (Å²) in [6.45, 7) is 5.19. The molecule has 0 saturated carbocycles. The Morgan fingerprint density at radius 1 is 1.33 bits per heavy atom. The number of halogens is 1. The highest BCUT2D eigenvalue weighted by Gasteiger charge is 2.12. The first-order valence-electron chi connectivity index (χ1n) is 6.21. The molecule has 0 aliphatic rings. The topological polar surface area (TPSA) is 25.2 Å². The number of hydrogen-bond acceptors (Lipinski definition) is 2. The summed E-state index contributed by atoms with van der Waals surface area (Å²) in [6, 6.07) is 8.88. The van der Waals surface area contributed by atoms with Gasteiger partial charge in [-0.15, -0.1) is 0 Å². The summed E-state index contributed by atoms with van der Waals surface area (Å²) in [7, 11) is 0. The van der Waals surface area contributed by atoms with Crippen molar-refractivity contribution in [1.29, 1.82) is 0 Å². The van der Waals surface area contributed by atoms with E-state index < -0.39 is 0 Å². The summed E-state index contributed by atoms with van der Waals surface area (Å²) in [5.41, 5.74) is 3.78. The maximum Gasteiger partial charge on any atom is 0.0935 e. The van der Waals surface area contributed by atoms with Crippen LogP contribution < -0.4 is 5.32 Å². The third-order valence-electron chi connectivity index (χ3n) is 3.07. The van der Waals surface area contributed by atoms with Crippen LogP contribution in [0.1, 0.15) is 29.7 Å². The van der Waals surface area contributed by atoms with E-state index in [0.29, 0.717) is 6.04 Å². The number of rotatable bonds is 5. The number of furan rings is 1. The zero-order chi connectivity index (χ0) is 13.0. The fourth-order valence-corrected chi connectivity index (χ4v) is 2.42. The zero-order valence-electron chi connectivity index (χ0n) is 10.7. The minimum atomic E-state index is 0.324. The molecule has 96 valence electrons. The van der Waals surface area contributed by atoms with Crippen LogP contribution in [0.3, 0.4) is 0 Å². The van der Waals surface area contributed by atoms with Gasteiger partial charge in [-0.2, -0.15) is 0 Å². The smallest absolute Gasteiger partial charge is 0.0935 e. The lowest BCUT2D eigenvalue weighted by Crippen LogP contribution is -2.22. The van der Waals surface area contributed by atoms with E-state index in [4.69, 9.17) is 4.42 Å². The summed E-state index contributed by atoms with van der Waals surface area (Å²) in [4.78, 5) is 0. The fraction of sp³-hybridized carbons (Fsp3) is 0.333. The number of hydrogen-bond donors (Lipinski definition) is 1. The van der Waals surface area contributed by atoms with Gasteiger partial charge in [-0.05, 0) is 48.7 Å². The van der Waals surface area contributed by atoms with Gasteiger partial charge >= 0.3 is 0 Å². The molecule has 0 saturated heterocycles. The van der Waals surface area contributed by atoms with Crippen LogP contribution in [0.15, 0.2) is 45.7 Å². The first-order chi connectivity index (χ1) is 8.70. The van der Waals surface area contributed by atoms with E-state index in [-0.39, 0.29) is 0 Å². The average Bonchev–Trinajstić information content (AvgIpc) is 2.85. The molecule has 1 aromatic heterocycles. The van der Waals surface area contributed by atoms with Gasteiger partial charge in [-0.1, -0.05) is 35.0 Å². The van der Waals surface area contributed by atoms with Crippen LogP contribution in [0, 0.1) is 6.92 Å². The van der Waals surface area contributed by atoms with Crippen molar-refractivity contribution in [3.63, 3.8) is 0 Å². The van der Waals surface area contributed by atoms with E-state index >= 15 is 0 Å². The third kappa shape index (κ3) is 3.24. The van der Waals surface area contributed by atoms with Crippen molar-refractivity contribution >= 4 is 15.9 Å². The number of aryl methyl sites for hydroxylation is 1. The summed E-state index contributed by atoms with van der Waals surface area (Å²) >= 11 is 3.60.